The van der Waals surface area contributed by atoms with Gasteiger partial charge in [-0.2, -0.15) is 4.98 Å². The molecule has 0 atom stereocenters. The second kappa shape index (κ2) is 7.29. The van der Waals surface area contributed by atoms with E-state index in [0.29, 0.717) is 13.2 Å². The van der Waals surface area contributed by atoms with Crippen molar-refractivity contribution in [1.82, 2.24) is 10.1 Å². The van der Waals surface area contributed by atoms with Crippen molar-refractivity contribution in [3.63, 3.8) is 0 Å². The Morgan fingerprint density at radius 2 is 1.91 bits per heavy atom. The van der Waals surface area contributed by atoms with Gasteiger partial charge in [0.15, 0.2) is 17.3 Å². The summed E-state index contributed by atoms with van der Waals surface area (Å²) >= 11 is 0. The summed E-state index contributed by atoms with van der Waals surface area (Å²) in [6.45, 7) is 2.52. The molecule has 0 bridgehead atoms. The minimum Gasteiger partial charge on any atom is -0.454 e. The third kappa shape index (κ3) is 3.78. The standard InChI is InChI=1S/C17H22N2O3/c1-2-3-4-5-6-7-17-18-16(19-22-17)11-13-8-9-14-15(10-13)21-12-20-14/h8-10H,2-7,11-12H2,1H3. The van der Waals surface area contributed by atoms with Crippen LogP contribution in [0.25, 0.3) is 0 Å². The molecular formula is C17H22N2O3. The van der Waals surface area contributed by atoms with Crippen molar-refractivity contribution in [2.45, 2.75) is 51.9 Å². The zero-order valence-electron chi connectivity index (χ0n) is 13.0. The zero-order valence-corrected chi connectivity index (χ0v) is 13.0. The Kier molecular flexibility index (Phi) is 4.93. The molecule has 0 saturated heterocycles. The van der Waals surface area contributed by atoms with Gasteiger partial charge in [-0.3, -0.25) is 0 Å². The lowest BCUT2D eigenvalue weighted by Gasteiger charge is -1.99. The summed E-state index contributed by atoms with van der Waals surface area (Å²) in [5.74, 6) is 3.05. The SMILES string of the molecule is CCCCCCCc1nc(Cc2ccc3c(c2)OCO3)no1. The van der Waals surface area contributed by atoms with E-state index in [1.54, 1.807) is 0 Å². The summed E-state index contributed by atoms with van der Waals surface area (Å²) in [5.41, 5.74) is 1.10. The van der Waals surface area contributed by atoms with Crippen molar-refractivity contribution in [1.29, 1.82) is 0 Å². The van der Waals surface area contributed by atoms with E-state index in [4.69, 9.17) is 14.0 Å². The van der Waals surface area contributed by atoms with E-state index >= 15 is 0 Å². The Hall–Kier alpha value is -2.04. The van der Waals surface area contributed by atoms with Crippen LogP contribution in [-0.4, -0.2) is 16.9 Å². The number of aryl methyl sites for hydroxylation is 1. The second-order valence-corrected chi connectivity index (χ2v) is 5.63. The van der Waals surface area contributed by atoms with Crippen molar-refractivity contribution in [2.24, 2.45) is 0 Å². The van der Waals surface area contributed by atoms with Crippen LogP contribution in [-0.2, 0) is 12.8 Å². The summed E-state index contributed by atoms with van der Waals surface area (Å²) in [7, 11) is 0. The first-order valence-corrected chi connectivity index (χ1v) is 8.05. The predicted octanol–water partition coefficient (Wildman–Crippen LogP) is 3.90. The molecule has 0 unspecified atom stereocenters. The Bertz CT molecular complexity index is 610. The monoisotopic (exact) mass is 302 g/mol. The molecule has 2 heterocycles. The predicted molar refractivity (Wildman–Crippen MR) is 82.1 cm³/mol. The second-order valence-electron chi connectivity index (χ2n) is 5.63. The van der Waals surface area contributed by atoms with Crippen molar-refractivity contribution in [3.8, 4) is 11.5 Å². The van der Waals surface area contributed by atoms with Crippen LogP contribution in [0.4, 0.5) is 0 Å². The van der Waals surface area contributed by atoms with E-state index < -0.39 is 0 Å². The fraction of sp³-hybridized carbons (Fsp3) is 0.529. The molecule has 118 valence electrons. The zero-order chi connectivity index (χ0) is 15.2. The van der Waals surface area contributed by atoms with E-state index in [0.717, 1.165) is 41.6 Å². The lowest BCUT2D eigenvalue weighted by Crippen LogP contribution is -1.93. The topological polar surface area (TPSA) is 57.4 Å². The Balaban J connectivity index is 1.51. The van der Waals surface area contributed by atoms with Crippen molar-refractivity contribution in [3.05, 3.63) is 35.5 Å². The minimum absolute atomic E-state index is 0.295. The average Bonchev–Trinajstić information content (AvgIpc) is 3.16. The van der Waals surface area contributed by atoms with Crippen LogP contribution in [0.2, 0.25) is 0 Å². The first kappa shape index (κ1) is 14.9. The van der Waals surface area contributed by atoms with E-state index in [1.165, 1.54) is 25.7 Å². The maximum absolute atomic E-state index is 5.38. The third-order valence-corrected chi connectivity index (χ3v) is 3.80. The molecule has 1 aromatic heterocycles. The highest BCUT2D eigenvalue weighted by molar-refractivity contribution is 5.45. The molecule has 5 heteroatoms. The first-order chi connectivity index (χ1) is 10.8. The molecule has 0 saturated carbocycles. The van der Waals surface area contributed by atoms with Gasteiger partial charge in [0.1, 0.15) is 0 Å². The molecule has 0 spiro atoms. The van der Waals surface area contributed by atoms with Gasteiger partial charge in [-0.05, 0) is 24.1 Å². The first-order valence-electron chi connectivity index (χ1n) is 8.05. The van der Waals surface area contributed by atoms with Gasteiger partial charge in [-0.15, -0.1) is 0 Å². The normalized spacial score (nSPS) is 12.8. The number of ether oxygens (including phenoxy) is 2. The van der Waals surface area contributed by atoms with Crippen LogP contribution in [0, 0.1) is 0 Å². The lowest BCUT2D eigenvalue weighted by molar-refractivity contribution is 0.174. The molecule has 5 nitrogen and oxygen atoms in total. The number of nitrogens with zero attached hydrogens (tertiary/aromatic N) is 2. The van der Waals surface area contributed by atoms with Crippen LogP contribution in [0.1, 0.15) is 56.3 Å². The summed E-state index contributed by atoms with van der Waals surface area (Å²) in [5, 5.41) is 4.06. The van der Waals surface area contributed by atoms with Gasteiger partial charge in [0.2, 0.25) is 12.7 Å². The van der Waals surface area contributed by atoms with Crippen molar-refractivity contribution >= 4 is 0 Å². The molecule has 3 rings (SSSR count). The van der Waals surface area contributed by atoms with Crippen LogP contribution in [0.15, 0.2) is 22.7 Å². The van der Waals surface area contributed by atoms with E-state index in [9.17, 15) is 0 Å². The maximum atomic E-state index is 5.38. The van der Waals surface area contributed by atoms with Gasteiger partial charge in [0.05, 0.1) is 0 Å². The number of rotatable bonds is 8. The number of fused-ring (bicyclic) bond motifs is 1. The number of benzene rings is 1. The van der Waals surface area contributed by atoms with E-state index in [-0.39, 0.29) is 0 Å². The number of unbranched alkanes of at least 4 members (excludes halogenated alkanes) is 4. The van der Waals surface area contributed by atoms with Gasteiger partial charge < -0.3 is 14.0 Å². The van der Waals surface area contributed by atoms with Crippen LogP contribution < -0.4 is 9.47 Å². The quantitative estimate of drug-likeness (QED) is 0.692. The molecule has 22 heavy (non-hydrogen) atoms. The van der Waals surface area contributed by atoms with Crippen molar-refractivity contribution < 1.29 is 14.0 Å². The highest BCUT2D eigenvalue weighted by Gasteiger charge is 2.14. The molecule has 0 aliphatic carbocycles. The largest absolute Gasteiger partial charge is 0.454 e. The third-order valence-electron chi connectivity index (χ3n) is 3.80. The fourth-order valence-corrected chi connectivity index (χ4v) is 2.58. The summed E-state index contributed by atoms with van der Waals surface area (Å²) < 4.78 is 16.0. The minimum atomic E-state index is 0.295. The molecule has 1 aliphatic rings. The smallest absolute Gasteiger partial charge is 0.231 e. The van der Waals surface area contributed by atoms with Crippen molar-refractivity contribution in [2.75, 3.05) is 6.79 Å². The summed E-state index contributed by atoms with van der Waals surface area (Å²) in [6, 6.07) is 5.91. The summed E-state index contributed by atoms with van der Waals surface area (Å²) in [6.07, 6.45) is 7.72. The maximum Gasteiger partial charge on any atom is 0.231 e. The van der Waals surface area contributed by atoms with Gasteiger partial charge in [-0.25, -0.2) is 0 Å². The average molecular weight is 302 g/mol. The number of aromatic nitrogens is 2. The number of hydrogen-bond donors (Lipinski definition) is 0. The Morgan fingerprint density at radius 1 is 1.05 bits per heavy atom. The Labute approximate surface area is 130 Å². The highest BCUT2D eigenvalue weighted by Crippen LogP contribution is 2.32. The molecule has 1 aromatic carbocycles. The van der Waals surface area contributed by atoms with Gasteiger partial charge in [0, 0.05) is 12.8 Å². The molecule has 0 N–H and O–H groups in total. The van der Waals surface area contributed by atoms with Gasteiger partial charge >= 0.3 is 0 Å². The Morgan fingerprint density at radius 3 is 2.82 bits per heavy atom. The van der Waals surface area contributed by atoms with Gasteiger partial charge in [-0.1, -0.05) is 43.8 Å². The fourth-order valence-electron chi connectivity index (χ4n) is 2.58. The molecular weight excluding hydrogens is 280 g/mol. The number of hydrogen-bond acceptors (Lipinski definition) is 5. The van der Waals surface area contributed by atoms with Crippen LogP contribution >= 0.6 is 0 Å². The molecule has 0 radical (unpaired) electrons. The summed E-state index contributed by atoms with van der Waals surface area (Å²) in [4.78, 5) is 4.47. The molecule has 0 fully saturated rings. The van der Waals surface area contributed by atoms with E-state index in [1.807, 2.05) is 18.2 Å². The highest BCUT2D eigenvalue weighted by atomic mass is 16.7. The van der Waals surface area contributed by atoms with Crippen LogP contribution in [0.3, 0.4) is 0 Å². The molecule has 1 aliphatic heterocycles. The molecule has 0 amide bonds. The molecule has 2 aromatic rings. The van der Waals surface area contributed by atoms with Crippen LogP contribution in [0.5, 0.6) is 11.5 Å². The van der Waals surface area contributed by atoms with Gasteiger partial charge in [0.25, 0.3) is 0 Å². The van der Waals surface area contributed by atoms with E-state index in [2.05, 4.69) is 17.1 Å². The lowest BCUT2D eigenvalue weighted by atomic mass is 10.1.